The summed E-state index contributed by atoms with van der Waals surface area (Å²) >= 11 is 1.43. The van der Waals surface area contributed by atoms with Crippen molar-refractivity contribution < 1.29 is 9.59 Å². The van der Waals surface area contributed by atoms with Crippen molar-refractivity contribution in [3.05, 3.63) is 24.0 Å². The fourth-order valence-electron chi connectivity index (χ4n) is 3.41. The summed E-state index contributed by atoms with van der Waals surface area (Å²) in [5.41, 5.74) is 0.426. The molecule has 2 saturated heterocycles. The van der Waals surface area contributed by atoms with Crippen molar-refractivity contribution in [1.29, 1.82) is 0 Å². The highest BCUT2D eigenvalue weighted by atomic mass is 32.1. The van der Waals surface area contributed by atoms with Crippen LogP contribution in [0.4, 0.5) is 5.00 Å². The molecule has 2 aromatic heterocycles. The van der Waals surface area contributed by atoms with E-state index in [0.717, 1.165) is 27.9 Å². The number of carbonyl (C=O) groups excluding carboxylic acids is 2. The van der Waals surface area contributed by atoms with Crippen LogP contribution >= 0.6 is 11.3 Å². The Morgan fingerprint density at radius 2 is 2.32 bits per heavy atom. The molecule has 0 saturated carbocycles. The molecular formula is C15H16N4O2S. The van der Waals surface area contributed by atoms with Gasteiger partial charge in [0.05, 0.1) is 5.00 Å². The number of hydrogen-bond donors (Lipinski definition) is 3. The lowest BCUT2D eigenvalue weighted by molar-refractivity contribution is -0.105. The van der Waals surface area contributed by atoms with Crippen LogP contribution in [0.2, 0.25) is 0 Å². The Balaban J connectivity index is 1.52. The van der Waals surface area contributed by atoms with E-state index in [1.54, 1.807) is 12.3 Å². The summed E-state index contributed by atoms with van der Waals surface area (Å²) in [6, 6.07) is 4.80. The number of pyridine rings is 1. The summed E-state index contributed by atoms with van der Waals surface area (Å²) in [6.45, 7) is 0. The number of rotatable bonds is 4. The van der Waals surface area contributed by atoms with Crippen LogP contribution < -0.4 is 16.0 Å². The van der Waals surface area contributed by atoms with Crippen LogP contribution in [0.15, 0.2) is 18.3 Å². The molecule has 4 rings (SSSR count). The zero-order chi connectivity index (χ0) is 15.1. The molecule has 2 amide bonds. The normalized spacial score (nSPS) is 26.3. The number of fused-ring (bicyclic) bond motifs is 3. The van der Waals surface area contributed by atoms with Crippen molar-refractivity contribution in [2.45, 2.75) is 37.4 Å². The average molecular weight is 316 g/mol. The van der Waals surface area contributed by atoms with Crippen molar-refractivity contribution >= 4 is 38.7 Å². The molecule has 22 heavy (non-hydrogen) atoms. The number of anilines is 1. The molecule has 0 radical (unpaired) electrons. The number of carbonyl (C=O) groups is 2. The van der Waals surface area contributed by atoms with E-state index in [0.29, 0.717) is 24.2 Å². The van der Waals surface area contributed by atoms with Crippen molar-refractivity contribution in [1.82, 2.24) is 15.6 Å². The number of amides is 2. The highest BCUT2D eigenvalue weighted by Gasteiger charge is 2.39. The molecule has 2 aliphatic rings. The smallest absolute Gasteiger partial charge is 0.270 e. The maximum absolute atomic E-state index is 12.4. The highest BCUT2D eigenvalue weighted by molar-refractivity contribution is 7.22. The molecule has 114 valence electrons. The van der Waals surface area contributed by atoms with Crippen molar-refractivity contribution in [3.63, 3.8) is 0 Å². The number of hydrogen-bond acceptors (Lipinski definition) is 5. The van der Waals surface area contributed by atoms with Crippen LogP contribution in [-0.2, 0) is 4.79 Å². The molecule has 4 heterocycles. The van der Waals surface area contributed by atoms with Crippen LogP contribution in [0.3, 0.4) is 0 Å². The predicted molar refractivity (Wildman–Crippen MR) is 85.1 cm³/mol. The molecule has 3 N–H and O–H groups in total. The molecular weight excluding hydrogens is 300 g/mol. The van der Waals surface area contributed by atoms with Crippen LogP contribution in [0.25, 0.3) is 10.1 Å². The van der Waals surface area contributed by atoms with Crippen LogP contribution in [0.5, 0.6) is 0 Å². The Bertz CT molecular complexity index is 744. The Labute approximate surface area is 131 Å². The molecule has 0 spiro atoms. The highest BCUT2D eigenvalue weighted by Crippen LogP contribution is 2.30. The Kier molecular flexibility index (Phi) is 3.31. The minimum atomic E-state index is -0.125. The van der Waals surface area contributed by atoms with Gasteiger partial charge in [-0.3, -0.25) is 14.6 Å². The van der Waals surface area contributed by atoms with E-state index in [-0.39, 0.29) is 11.9 Å². The SMILES string of the molecule is O=CNc1cc2cnc(C(=O)N[C@@H]3C[C@H]4CC[C@@H]3N4)cc2s1. The maximum atomic E-state index is 12.4. The van der Waals surface area contributed by atoms with Crippen LogP contribution in [0.1, 0.15) is 29.8 Å². The van der Waals surface area contributed by atoms with Gasteiger partial charge in [0.2, 0.25) is 6.41 Å². The minimum Gasteiger partial charge on any atom is -0.346 e. The fraction of sp³-hybridized carbons (Fsp3) is 0.400. The molecule has 3 atom stereocenters. The van der Waals surface area contributed by atoms with Crippen molar-refractivity contribution in [3.8, 4) is 0 Å². The van der Waals surface area contributed by atoms with Crippen molar-refractivity contribution in [2.75, 3.05) is 5.32 Å². The van der Waals surface area contributed by atoms with E-state index in [1.165, 1.54) is 17.8 Å². The lowest BCUT2D eigenvalue weighted by atomic mass is 9.95. The van der Waals surface area contributed by atoms with Gasteiger partial charge in [-0.25, -0.2) is 0 Å². The number of nitrogens with one attached hydrogen (secondary N) is 3. The maximum Gasteiger partial charge on any atom is 0.270 e. The molecule has 0 aliphatic carbocycles. The summed E-state index contributed by atoms with van der Waals surface area (Å²) in [6.07, 6.45) is 5.67. The number of nitrogens with zero attached hydrogens (tertiary/aromatic N) is 1. The first-order valence-electron chi connectivity index (χ1n) is 7.39. The third kappa shape index (κ3) is 2.36. The third-order valence-electron chi connectivity index (χ3n) is 4.45. The van der Waals surface area contributed by atoms with E-state index in [1.807, 2.05) is 6.07 Å². The van der Waals surface area contributed by atoms with E-state index in [2.05, 4.69) is 20.9 Å². The summed E-state index contributed by atoms with van der Waals surface area (Å²) in [5, 5.41) is 10.9. The summed E-state index contributed by atoms with van der Waals surface area (Å²) in [4.78, 5) is 27.1. The molecule has 0 unspecified atom stereocenters. The fourth-order valence-corrected chi connectivity index (χ4v) is 4.34. The van der Waals surface area contributed by atoms with E-state index < -0.39 is 0 Å². The lowest BCUT2D eigenvalue weighted by Crippen LogP contribution is -2.43. The zero-order valence-electron chi connectivity index (χ0n) is 11.8. The second kappa shape index (κ2) is 5.33. The topological polar surface area (TPSA) is 83.1 Å². The zero-order valence-corrected chi connectivity index (χ0v) is 12.7. The van der Waals surface area contributed by atoms with Gasteiger partial charge in [-0.05, 0) is 31.4 Å². The molecule has 2 aliphatic heterocycles. The summed E-state index contributed by atoms with van der Waals surface area (Å²) in [7, 11) is 0. The van der Waals surface area contributed by atoms with Gasteiger partial charge in [0.15, 0.2) is 0 Å². The number of thiophene rings is 1. The van der Waals surface area contributed by atoms with Crippen molar-refractivity contribution in [2.24, 2.45) is 0 Å². The van der Waals surface area contributed by atoms with Gasteiger partial charge in [0, 0.05) is 34.4 Å². The first kappa shape index (κ1) is 13.7. The Morgan fingerprint density at radius 3 is 3.05 bits per heavy atom. The quantitative estimate of drug-likeness (QED) is 0.746. The molecule has 2 bridgehead atoms. The van der Waals surface area contributed by atoms with Gasteiger partial charge in [-0.15, -0.1) is 11.3 Å². The standard InChI is InChI=1S/C15H16N4O2S/c20-7-17-14-3-8-6-16-12(5-13(8)22-14)15(21)19-11-4-9-1-2-10(11)18-9/h3,5-7,9-11,18H,1-2,4H2,(H,17,20)(H,19,21)/t9-,10+,11-/m1/s1. The second-order valence-electron chi connectivity index (χ2n) is 5.84. The van der Waals surface area contributed by atoms with Gasteiger partial charge in [0.25, 0.3) is 5.91 Å². The van der Waals surface area contributed by atoms with Gasteiger partial charge in [0.1, 0.15) is 5.69 Å². The van der Waals surface area contributed by atoms with E-state index >= 15 is 0 Å². The minimum absolute atomic E-state index is 0.125. The average Bonchev–Trinajstić information content (AvgIpc) is 3.20. The molecule has 0 aromatic carbocycles. The summed E-state index contributed by atoms with van der Waals surface area (Å²) < 4.78 is 0.940. The number of aromatic nitrogens is 1. The molecule has 6 nitrogen and oxygen atoms in total. The first-order chi connectivity index (χ1) is 10.7. The van der Waals surface area contributed by atoms with Gasteiger partial charge in [-0.1, -0.05) is 0 Å². The largest absolute Gasteiger partial charge is 0.346 e. The second-order valence-corrected chi connectivity index (χ2v) is 6.93. The van der Waals surface area contributed by atoms with Gasteiger partial charge < -0.3 is 16.0 Å². The third-order valence-corrected chi connectivity index (χ3v) is 5.48. The van der Waals surface area contributed by atoms with E-state index in [9.17, 15) is 9.59 Å². The van der Waals surface area contributed by atoms with E-state index in [4.69, 9.17) is 0 Å². The lowest BCUT2D eigenvalue weighted by Gasteiger charge is -2.21. The Hall–Kier alpha value is -1.99. The predicted octanol–water partition coefficient (Wildman–Crippen LogP) is 1.49. The Morgan fingerprint density at radius 1 is 1.41 bits per heavy atom. The monoisotopic (exact) mass is 316 g/mol. The van der Waals surface area contributed by atoms with Crippen LogP contribution in [0, 0.1) is 0 Å². The van der Waals surface area contributed by atoms with Crippen LogP contribution in [-0.4, -0.2) is 35.4 Å². The van der Waals surface area contributed by atoms with Gasteiger partial charge >= 0.3 is 0 Å². The summed E-state index contributed by atoms with van der Waals surface area (Å²) in [5.74, 6) is -0.125. The molecule has 2 fully saturated rings. The first-order valence-corrected chi connectivity index (χ1v) is 8.21. The molecule has 7 heteroatoms. The molecule has 2 aromatic rings. The van der Waals surface area contributed by atoms with Gasteiger partial charge in [-0.2, -0.15) is 0 Å².